The molecule has 1 aliphatic rings. The van der Waals surface area contributed by atoms with Gasteiger partial charge in [-0.1, -0.05) is 18.2 Å². The Labute approximate surface area is 130 Å². The maximum absolute atomic E-state index is 8.85. The number of fused-ring (bicyclic) bond motifs is 3. The predicted molar refractivity (Wildman–Crippen MR) is 87.8 cm³/mol. The van der Waals surface area contributed by atoms with Crippen molar-refractivity contribution in [1.82, 2.24) is 9.13 Å². The van der Waals surface area contributed by atoms with Crippen LogP contribution in [-0.2, 0) is 13.1 Å². The Morgan fingerprint density at radius 1 is 1.23 bits per heavy atom. The van der Waals surface area contributed by atoms with Gasteiger partial charge in [0, 0.05) is 47.5 Å². The molecule has 22 heavy (non-hydrogen) atoms. The van der Waals surface area contributed by atoms with Crippen molar-refractivity contribution in [1.29, 1.82) is 5.26 Å². The zero-order valence-corrected chi connectivity index (χ0v) is 12.8. The zero-order valence-electron chi connectivity index (χ0n) is 12.8. The number of benzene rings is 1. The second-order valence-electron chi connectivity index (χ2n) is 6.05. The Kier molecular flexibility index (Phi) is 3.04. The van der Waals surface area contributed by atoms with Gasteiger partial charge in [0.15, 0.2) is 0 Å². The Hall–Kier alpha value is -2.47. The third-order valence-corrected chi connectivity index (χ3v) is 4.93. The van der Waals surface area contributed by atoms with Gasteiger partial charge in [-0.2, -0.15) is 5.26 Å². The van der Waals surface area contributed by atoms with Gasteiger partial charge in [0.05, 0.1) is 12.5 Å². The predicted octanol–water partition coefficient (Wildman–Crippen LogP) is 4.20. The van der Waals surface area contributed by atoms with Crippen LogP contribution in [0, 0.1) is 18.3 Å². The molecule has 0 saturated carbocycles. The number of hydrogen-bond acceptors (Lipinski definition) is 1. The Morgan fingerprint density at radius 3 is 2.95 bits per heavy atom. The molecule has 0 fully saturated rings. The monoisotopic (exact) mass is 289 g/mol. The molecule has 0 aliphatic carbocycles. The molecule has 110 valence electrons. The topological polar surface area (TPSA) is 33.6 Å². The summed E-state index contributed by atoms with van der Waals surface area (Å²) in [7, 11) is 0. The first-order valence-electron chi connectivity index (χ1n) is 7.91. The van der Waals surface area contributed by atoms with Gasteiger partial charge in [-0.05, 0) is 37.1 Å². The van der Waals surface area contributed by atoms with Crippen molar-refractivity contribution in [2.24, 2.45) is 0 Å². The summed E-state index contributed by atoms with van der Waals surface area (Å²) in [4.78, 5) is 0. The van der Waals surface area contributed by atoms with E-state index >= 15 is 0 Å². The maximum Gasteiger partial charge on any atom is 0.0640 e. The standard InChI is InChI=1S/C19H19N3/c1-14-15-6-2-3-7-18(15)22-13-9-16(19(14)22)17-8-4-11-21(17)12-5-10-20/h2-4,6-8,11,16H,5,9,12-13H2,1H3. The number of aromatic nitrogens is 2. The molecule has 2 aromatic heterocycles. The van der Waals surface area contributed by atoms with Crippen LogP contribution in [0.3, 0.4) is 0 Å². The molecule has 0 radical (unpaired) electrons. The molecule has 3 heterocycles. The van der Waals surface area contributed by atoms with E-state index in [0.717, 1.165) is 19.5 Å². The van der Waals surface area contributed by atoms with E-state index in [9.17, 15) is 0 Å². The Bertz CT molecular complexity index is 876. The van der Waals surface area contributed by atoms with E-state index in [1.165, 1.54) is 27.9 Å². The lowest BCUT2D eigenvalue weighted by Gasteiger charge is -2.15. The second kappa shape index (κ2) is 5.06. The lowest BCUT2D eigenvalue weighted by atomic mass is 9.96. The Balaban J connectivity index is 1.83. The summed E-state index contributed by atoms with van der Waals surface area (Å²) in [5.41, 5.74) is 5.57. The zero-order chi connectivity index (χ0) is 15.1. The molecule has 1 unspecified atom stereocenters. The highest BCUT2D eigenvalue weighted by Gasteiger charge is 2.30. The highest BCUT2D eigenvalue weighted by atomic mass is 15.0. The number of para-hydroxylation sites is 1. The van der Waals surface area contributed by atoms with Crippen molar-refractivity contribution in [2.75, 3.05) is 0 Å². The van der Waals surface area contributed by atoms with Crippen molar-refractivity contribution in [3.63, 3.8) is 0 Å². The molecule has 3 aromatic rings. The van der Waals surface area contributed by atoms with Crippen molar-refractivity contribution >= 4 is 10.9 Å². The number of nitrogens with zero attached hydrogens (tertiary/aromatic N) is 3. The molecule has 1 atom stereocenters. The summed E-state index contributed by atoms with van der Waals surface area (Å²) in [5, 5.41) is 10.2. The van der Waals surface area contributed by atoms with Crippen LogP contribution in [0.4, 0.5) is 0 Å². The minimum atomic E-state index is 0.445. The van der Waals surface area contributed by atoms with E-state index in [0.29, 0.717) is 12.3 Å². The van der Waals surface area contributed by atoms with E-state index in [4.69, 9.17) is 5.26 Å². The molecule has 1 aliphatic heterocycles. The van der Waals surface area contributed by atoms with Gasteiger partial charge in [0.2, 0.25) is 0 Å². The largest absolute Gasteiger partial charge is 0.350 e. The van der Waals surface area contributed by atoms with E-state index in [1.807, 2.05) is 0 Å². The SMILES string of the molecule is Cc1c2n(c3ccccc13)CCC2c1cccn1CCC#N. The van der Waals surface area contributed by atoms with Crippen LogP contribution >= 0.6 is 0 Å². The van der Waals surface area contributed by atoms with Crippen molar-refractivity contribution in [3.05, 3.63) is 59.5 Å². The van der Waals surface area contributed by atoms with Crippen molar-refractivity contribution < 1.29 is 0 Å². The van der Waals surface area contributed by atoms with Crippen LogP contribution in [0.2, 0.25) is 0 Å². The average molecular weight is 289 g/mol. The van der Waals surface area contributed by atoms with E-state index in [1.54, 1.807) is 0 Å². The first-order valence-corrected chi connectivity index (χ1v) is 7.91. The lowest BCUT2D eigenvalue weighted by Crippen LogP contribution is -2.07. The van der Waals surface area contributed by atoms with Gasteiger partial charge < -0.3 is 9.13 Å². The fourth-order valence-corrected chi connectivity index (χ4v) is 3.99. The fraction of sp³-hybridized carbons (Fsp3) is 0.316. The highest BCUT2D eigenvalue weighted by molar-refractivity contribution is 5.86. The molecule has 1 aromatic carbocycles. The summed E-state index contributed by atoms with van der Waals surface area (Å²) in [5.74, 6) is 0.445. The van der Waals surface area contributed by atoms with Gasteiger partial charge in [-0.3, -0.25) is 0 Å². The van der Waals surface area contributed by atoms with Crippen molar-refractivity contribution in [3.8, 4) is 6.07 Å². The molecule has 0 spiro atoms. The Morgan fingerprint density at radius 2 is 2.09 bits per heavy atom. The minimum Gasteiger partial charge on any atom is -0.350 e. The molecule has 4 rings (SSSR count). The van der Waals surface area contributed by atoms with Gasteiger partial charge in [-0.15, -0.1) is 0 Å². The normalized spacial score (nSPS) is 16.8. The van der Waals surface area contributed by atoms with E-state index in [-0.39, 0.29) is 0 Å². The van der Waals surface area contributed by atoms with Crippen LogP contribution in [0.15, 0.2) is 42.6 Å². The summed E-state index contributed by atoms with van der Waals surface area (Å²) in [6, 6.07) is 15.3. The third-order valence-electron chi connectivity index (χ3n) is 4.93. The smallest absolute Gasteiger partial charge is 0.0640 e. The molecule has 0 saturated heterocycles. The summed E-state index contributed by atoms with van der Waals surface area (Å²) in [6.45, 7) is 4.11. The number of rotatable bonds is 3. The molecule has 0 bridgehead atoms. The summed E-state index contributed by atoms with van der Waals surface area (Å²) >= 11 is 0. The quantitative estimate of drug-likeness (QED) is 0.711. The number of hydrogen-bond donors (Lipinski definition) is 0. The van der Waals surface area contributed by atoms with Crippen LogP contribution in [-0.4, -0.2) is 9.13 Å². The average Bonchev–Trinajstić information content (AvgIpc) is 3.23. The summed E-state index contributed by atoms with van der Waals surface area (Å²) < 4.78 is 4.73. The van der Waals surface area contributed by atoms with E-state index < -0.39 is 0 Å². The third kappa shape index (κ3) is 1.80. The van der Waals surface area contributed by atoms with Crippen LogP contribution < -0.4 is 0 Å². The van der Waals surface area contributed by atoms with Gasteiger partial charge in [0.1, 0.15) is 0 Å². The lowest BCUT2D eigenvalue weighted by molar-refractivity contribution is 0.633. The van der Waals surface area contributed by atoms with Crippen LogP contribution in [0.1, 0.15) is 35.7 Å². The van der Waals surface area contributed by atoms with Crippen molar-refractivity contribution in [2.45, 2.75) is 38.8 Å². The molecule has 3 heteroatoms. The first-order chi connectivity index (χ1) is 10.8. The molecule has 0 N–H and O–H groups in total. The fourth-order valence-electron chi connectivity index (χ4n) is 3.99. The summed E-state index contributed by atoms with van der Waals surface area (Å²) in [6.07, 6.45) is 3.82. The number of aryl methyl sites for hydroxylation is 3. The second-order valence-corrected chi connectivity index (χ2v) is 6.05. The maximum atomic E-state index is 8.85. The molecular weight excluding hydrogens is 270 g/mol. The van der Waals surface area contributed by atoms with Crippen LogP contribution in [0.5, 0.6) is 0 Å². The van der Waals surface area contributed by atoms with Gasteiger partial charge in [0.25, 0.3) is 0 Å². The molecule has 3 nitrogen and oxygen atoms in total. The minimum absolute atomic E-state index is 0.445. The highest BCUT2D eigenvalue weighted by Crippen LogP contribution is 2.41. The molecular formula is C19H19N3. The first kappa shape index (κ1) is 13.2. The number of nitriles is 1. The van der Waals surface area contributed by atoms with Gasteiger partial charge in [-0.25, -0.2) is 0 Å². The van der Waals surface area contributed by atoms with E-state index in [2.05, 4.69) is 64.7 Å². The molecule has 0 amide bonds. The van der Waals surface area contributed by atoms with Gasteiger partial charge >= 0.3 is 0 Å². The van der Waals surface area contributed by atoms with Crippen LogP contribution in [0.25, 0.3) is 10.9 Å².